The summed E-state index contributed by atoms with van der Waals surface area (Å²) in [6, 6.07) is 9.73. The predicted octanol–water partition coefficient (Wildman–Crippen LogP) is 1.21. The normalized spacial score (nSPS) is 36.1. The maximum atomic E-state index is 13.1. The Morgan fingerprint density at radius 3 is 2.48 bits per heavy atom. The van der Waals surface area contributed by atoms with Crippen molar-refractivity contribution in [2.24, 2.45) is 23.7 Å². The summed E-state index contributed by atoms with van der Waals surface area (Å²) in [5.41, 5.74) is 0.754. The third-order valence-corrected chi connectivity index (χ3v) is 6.68. The Kier molecular flexibility index (Phi) is 3.59. The Hall–Kier alpha value is -1.88. The van der Waals surface area contributed by atoms with Gasteiger partial charge in [-0.3, -0.25) is 9.59 Å². The van der Waals surface area contributed by atoms with E-state index in [2.05, 4.69) is 10.2 Å². The lowest BCUT2D eigenvalue weighted by atomic mass is 9.94. The first-order valence-electron chi connectivity index (χ1n) is 9.58. The number of hydrogen-bond acceptors (Lipinski definition) is 3. The molecule has 5 atom stereocenters. The van der Waals surface area contributed by atoms with Gasteiger partial charge in [-0.2, -0.15) is 0 Å². The first kappa shape index (κ1) is 15.4. The van der Waals surface area contributed by atoms with Gasteiger partial charge < -0.3 is 15.1 Å². The van der Waals surface area contributed by atoms with E-state index in [4.69, 9.17) is 0 Å². The van der Waals surface area contributed by atoms with Crippen LogP contribution in [0.4, 0.5) is 0 Å². The third kappa shape index (κ3) is 2.56. The van der Waals surface area contributed by atoms with Crippen molar-refractivity contribution in [3.63, 3.8) is 0 Å². The molecular weight excluding hydrogens is 314 g/mol. The number of carbonyl (C=O) groups excluding carboxylic acids is 2. The molecule has 1 aliphatic carbocycles. The summed E-state index contributed by atoms with van der Waals surface area (Å²) < 4.78 is 0. The molecule has 4 heterocycles. The van der Waals surface area contributed by atoms with Crippen molar-refractivity contribution in [3.8, 4) is 0 Å². The molecule has 4 saturated heterocycles. The van der Waals surface area contributed by atoms with Gasteiger partial charge in [0.2, 0.25) is 5.91 Å². The molecule has 132 valence electrons. The minimum absolute atomic E-state index is 0.110. The number of nitrogens with one attached hydrogen (secondary N) is 1. The highest BCUT2D eigenvalue weighted by Crippen LogP contribution is 2.50. The van der Waals surface area contributed by atoms with E-state index in [0.717, 1.165) is 44.6 Å². The van der Waals surface area contributed by atoms with Crippen LogP contribution in [0.5, 0.6) is 0 Å². The minimum Gasteiger partial charge on any atom is -0.337 e. The lowest BCUT2D eigenvalue weighted by Gasteiger charge is -2.36. The lowest BCUT2D eigenvalue weighted by molar-refractivity contribution is -0.137. The van der Waals surface area contributed by atoms with Crippen molar-refractivity contribution in [1.82, 2.24) is 15.1 Å². The molecule has 2 bridgehead atoms. The fraction of sp³-hybridized carbons (Fsp3) is 0.600. The van der Waals surface area contributed by atoms with E-state index < -0.39 is 0 Å². The number of benzene rings is 1. The van der Waals surface area contributed by atoms with Crippen molar-refractivity contribution < 1.29 is 9.59 Å². The highest BCUT2D eigenvalue weighted by Gasteiger charge is 2.59. The van der Waals surface area contributed by atoms with Crippen LogP contribution < -0.4 is 5.32 Å². The SMILES string of the molecule is O=C(c1ccccc1)N1C[C@@H]2CC[C@H](C1)N(C(=O)C1[C@H]3CNC[C@@H]13)C2. The number of carbonyl (C=O) groups is 2. The molecule has 5 aliphatic rings. The predicted molar refractivity (Wildman–Crippen MR) is 93.9 cm³/mol. The first-order chi connectivity index (χ1) is 12.2. The molecule has 5 fully saturated rings. The second-order valence-electron chi connectivity index (χ2n) is 8.18. The van der Waals surface area contributed by atoms with Crippen LogP contribution in [-0.2, 0) is 4.79 Å². The molecule has 2 amide bonds. The summed E-state index contributed by atoms with van der Waals surface area (Å²) in [7, 11) is 0. The van der Waals surface area contributed by atoms with Crippen LogP contribution in [0.2, 0.25) is 0 Å². The van der Waals surface area contributed by atoms with Crippen LogP contribution in [0.25, 0.3) is 0 Å². The molecule has 4 aliphatic heterocycles. The molecule has 1 aromatic rings. The summed E-state index contributed by atoms with van der Waals surface area (Å²) in [4.78, 5) is 30.0. The van der Waals surface area contributed by atoms with Gasteiger partial charge in [0, 0.05) is 37.2 Å². The fourth-order valence-electron chi connectivity index (χ4n) is 5.26. The summed E-state index contributed by atoms with van der Waals surface area (Å²) in [6.45, 7) is 4.32. The molecule has 0 spiro atoms. The number of nitrogens with zero attached hydrogens (tertiary/aromatic N) is 2. The molecule has 1 aromatic carbocycles. The van der Waals surface area contributed by atoms with E-state index >= 15 is 0 Å². The standard InChI is InChI=1S/C20H25N3O2/c24-19(14-4-2-1-3-5-14)22-10-13-6-7-15(12-22)23(11-13)20(25)18-16-8-21-9-17(16)18/h1-5,13,15-18,21H,6-12H2/t13-,15+,16-,17+,18?/m0/s1. The number of fused-ring (bicyclic) bond motifs is 5. The first-order valence-corrected chi connectivity index (χ1v) is 9.58. The average Bonchev–Trinajstić information content (AvgIpc) is 3.28. The van der Waals surface area contributed by atoms with Gasteiger partial charge in [-0.05, 0) is 55.8 Å². The Morgan fingerprint density at radius 2 is 1.72 bits per heavy atom. The van der Waals surface area contributed by atoms with Crippen LogP contribution in [-0.4, -0.2) is 60.4 Å². The minimum atomic E-state index is 0.110. The maximum absolute atomic E-state index is 13.1. The van der Waals surface area contributed by atoms with Gasteiger partial charge in [0.1, 0.15) is 0 Å². The van der Waals surface area contributed by atoms with Gasteiger partial charge in [-0.1, -0.05) is 18.2 Å². The van der Waals surface area contributed by atoms with Crippen LogP contribution in [0.1, 0.15) is 23.2 Å². The van der Waals surface area contributed by atoms with Crippen LogP contribution in [0.3, 0.4) is 0 Å². The molecule has 1 saturated carbocycles. The fourth-order valence-corrected chi connectivity index (χ4v) is 5.26. The van der Waals surface area contributed by atoms with Gasteiger partial charge in [-0.25, -0.2) is 0 Å². The molecule has 5 nitrogen and oxygen atoms in total. The number of piperidine rings is 2. The van der Waals surface area contributed by atoms with Gasteiger partial charge in [-0.15, -0.1) is 0 Å². The van der Waals surface area contributed by atoms with Crippen molar-refractivity contribution in [2.75, 3.05) is 32.7 Å². The summed E-state index contributed by atoms with van der Waals surface area (Å²) in [5, 5.41) is 3.37. The van der Waals surface area contributed by atoms with Crippen molar-refractivity contribution in [1.29, 1.82) is 0 Å². The van der Waals surface area contributed by atoms with E-state index in [9.17, 15) is 9.59 Å². The van der Waals surface area contributed by atoms with Gasteiger partial charge >= 0.3 is 0 Å². The highest BCUT2D eigenvalue weighted by atomic mass is 16.2. The highest BCUT2D eigenvalue weighted by molar-refractivity contribution is 5.94. The van der Waals surface area contributed by atoms with Gasteiger partial charge in [0.05, 0.1) is 0 Å². The molecule has 0 aromatic heterocycles. The second-order valence-corrected chi connectivity index (χ2v) is 8.18. The Morgan fingerprint density at radius 1 is 0.960 bits per heavy atom. The molecule has 0 radical (unpaired) electrons. The van der Waals surface area contributed by atoms with E-state index in [1.807, 2.05) is 35.2 Å². The zero-order valence-electron chi connectivity index (χ0n) is 14.4. The van der Waals surface area contributed by atoms with E-state index in [-0.39, 0.29) is 17.9 Å². The molecule has 1 unspecified atom stereocenters. The van der Waals surface area contributed by atoms with E-state index in [0.29, 0.717) is 30.2 Å². The van der Waals surface area contributed by atoms with Crippen molar-refractivity contribution in [2.45, 2.75) is 18.9 Å². The zero-order chi connectivity index (χ0) is 17.0. The third-order valence-electron chi connectivity index (χ3n) is 6.68. The van der Waals surface area contributed by atoms with Crippen molar-refractivity contribution in [3.05, 3.63) is 35.9 Å². The number of rotatable bonds is 2. The van der Waals surface area contributed by atoms with E-state index in [1.54, 1.807) is 0 Å². The Bertz CT molecular complexity index is 681. The van der Waals surface area contributed by atoms with Crippen LogP contribution in [0.15, 0.2) is 30.3 Å². The van der Waals surface area contributed by atoms with Crippen molar-refractivity contribution >= 4 is 11.8 Å². The van der Waals surface area contributed by atoms with Gasteiger partial charge in [0.25, 0.3) is 5.91 Å². The lowest BCUT2D eigenvalue weighted by Crippen LogP contribution is -2.49. The zero-order valence-corrected chi connectivity index (χ0v) is 14.4. The summed E-state index contributed by atoms with van der Waals surface area (Å²) in [6.07, 6.45) is 2.17. The number of hydrogen-bond donors (Lipinski definition) is 1. The Labute approximate surface area is 148 Å². The summed E-state index contributed by atoms with van der Waals surface area (Å²) in [5.74, 6) is 2.28. The average molecular weight is 339 g/mol. The largest absolute Gasteiger partial charge is 0.337 e. The van der Waals surface area contributed by atoms with Crippen LogP contribution in [0, 0.1) is 23.7 Å². The second kappa shape index (κ2) is 5.84. The molecular formula is C20H25N3O2. The number of amides is 2. The summed E-state index contributed by atoms with van der Waals surface area (Å²) >= 11 is 0. The quantitative estimate of drug-likeness (QED) is 0.881. The molecule has 5 heteroatoms. The monoisotopic (exact) mass is 339 g/mol. The smallest absolute Gasteiger partial charge is 0.253 e. The van der Waals surface area contributed by atoms with Gasteiger partial charge in [0.15, 0.2) is 0 Å². The Balaban J connectivity index is 1.32. The molecule has 25 heavy (non-hydrogen) atoms. The topological polar surface area (TPSA) is 52.7 Å². The molecule has 6 rings (SSSR count). The molecule has 1 N–H and O–H groups in total. The van der Waals surface area contributed by atoms with Crippen LogP contribution >= 0.6 is 0 Å². The van der Waals surface area contributed by atoms with E-state index in [1.165, 1.54) is 0 Å². The maximum Gasteiger partial charge on any atom is 0.253 e.